The van der Waals surface area contributed by atoms with E-state index in [4.69, 9.17) is 11.6 Å². The molecule has 0 spiro atoms. The quantitative estimate of drug-likeness (QED) is 0.730. The van der Waals surface area contributed by atoms with Gasteiger partial charge >= 0.3 is 0 Å². The number of halogens is 2. The summed E-state index contributed by atoms with van der Waals surface area (Å²) >= 11 is 10.7. The Kier molecular flexibility index (Phi) is 4.85. The Hall–Kier alpha value is -1.000. The molecule has 0 saturated heterocycles. The molecule has 1 aromatic heterocycles. The molecule has 0 unspecified atom stereocenters. The number of rotatable bonds is 4. The van der Waals surface area contributed by atoms with Crippen molar-refractivity contribution in [3.05, 3.63) is 43.8 Å². The fourth-order valence-electron chi connectivity index (χ4n) is 2.86. The third-order valence-electron chi connectivity index (χ3n) is 4.40. The van der Waals surface area contributed by atoms with Crippen molar-refractivity contribution in [3.8, 4) is 0 Å². The minimum absolute atomic E-state index is 0.213. The van der Waals surface area contributed by atoms with Crippen LogP contribution in [0.15, 0.2) is 22.7 Å². The SMILES string of the molecule is O=C(Nc1nc2c(s1)CN(S(=O)(=O)C1CC1)CC2)c1cc(Br)ccc1Cl. The van der Waals surface area contributed by atoms with Gasteiger partial charge in [0.15, 0.2) is 5.13 Å². The summed E-state index contributed by atoms with van der Waals surface area (Å²) in [5, 5.41) is 3.37. The average molecular weight is 477 g/mol. The van der Waals surface area contributed by atoms with Gasteiger partial charge in [0.1, 0.15) is 0 Å². The van der Waals surface area contributed by atoms with Crippen LogP contribution in [0.2, 0.25) is 5.02 Å². The smallest absolute Gasteiger partial charge is 0.258 e. The lowest BCUT2D eigenvalue weighted by Gasteiger charge is -2.25. The summed E-state index contributed by atoms with van der Waals surface area (Å²) in [6.45, 7) is 0.778. The summed E-state index contributed by atoms with van der Waals surface area (Å²) in [4.78, 5) is 17.8. The molecule has 1 aliphatic heterocycles. The molecule has 1 aromatic carbocycles. The van der Waals surface area contributed by atoms with Crippen LogP contribution in [-0.2, 0) is 23.0 Å². The largest absolute Gasteiger partial charge is 0.298 e. The molecule has 1 fully saturated rings. The fraction of sp³-hybridized carbons (Fsp3) is 0.375. The van der Waals surface area contributed by atoms with E-state index in [0.717, 1.165) is 27.9 Å². The maximum atomic E-state index is 12.5. The van der Waals surface area contributed by atoms with Gasteiger partial charge in [-0.05, 0) is 31.0 Å². The Bertz CT molecular complexity index is 989. The summed E-state index contributed by atoms with van der Waals surface area (Å²) in [5.74, 6) is -0.343. The van der Waals surface area contributed by atoms with Gasteiger partial charge in [-0.3, -0.25) is 10.1 Å². The minimum atomic E-state index is -3.20. The van der Waals surface area contributed by atoms with E-state index in [0.29, 0.717) is 35.2 Å². The van der Waals surface area contributed by atoms with Crippen LogP contribution in [0.5, 0.6) is 0 Å². The number of nitrogens with zero attached hydrogens (tertiary/aromatic N) is 2. The van der Waals surface area contributed by atoms with Crippen molar-refractivity contribution in [1.29, 1.82) is 0 Å². The predicted molar refractivity (Wildman–Crippen MR) is 105 cm³/mol. The second kappa shape index (κ2) is 6.87. The third kappa shape index (κ3) is 3.55. The molecule has 2 heterocycles. The van der Waals surface area contributed by atoms with E-state index in [1.807, 2.05) is 0 Å². The first-order valence-corrected chi connectivity index (χ1v) is 11.6. The van der Waals surface area contributed by atoms with Gasteiger partial charge < -0.3 is 0 Å². The van der Waals surface area contributed by atoms with Crippen LogP contribution in [0, 0.1) is 0 Å². The lowest BCUT2D eigenvalue weighted by Crippen LogP contribution is -2.37. The van der Waals surface area contributed by atoms with Gasteiger partial charge in [0.25, 0.3) is 5.91 Å². The van der Waals surface area contributed by atoms with Crippen molar-refractivity contribution in [1.82, 2.24) is 9.29 Å². The number of anilines is 1. The Balaban J connectivity index is 1.51. The monoisotopic (exact) mass is 475 g/mol. The second-order valence-corrected chi connectivity index (χ2v) is 10.9. The normalized spacial score (nSPS) is 17.8. The van der Waals surface area contributed by atoms with Crippen molar-refractivity contribution in [2.24, 2.45) is 0 Å². The van der Waals surface area contributed by atoms with Crippen molar-refractivity contribution in [3.63, 3.8) is 0 Å². The number of fused-ring (bicyclic) bond motifs is 1. The van der Waals surface area contributed by atoms with Crippen LogP contribution >= 0.6 is 38.9 Å². The van der Waals surface area contributed by atoms with Gasteiger partial charge in [-0.25, -0.2) is 13.4 Å². The van der Waals surface area contributed by atoms with Crippen molar-refractivity contribution in [2.75, 3.05) is 11.9 Å². The zero-order valence-corrected chi connectivity index (χ0v) is 17.5. The zero-order chi connectivity index (χ0) is 18.5. The fourth-order valence-corrected chi connectivity index (χ4v) is 6.33. The lowest BCUT2D eigenvalue weighted by atomic mass is 10.2. The zero-order valence-electron chi connectivity index (χ0n) is 13.5. The average Bonchev–Trinajstić information content (AvgIpc) is 3.38. The molecule has 4 rings (SSSR count). The number of sulfonamides is 1. The van der Waals surface area contributed by atoms with Gasteiger partial charge in [0.2, 0.25) is 10.0 Å². The molecule has 0 radical (unpaired) electrons. The molecular weight excluding hydrogens is 462 g/mol. The molecule has 26 heavy (non-hydrogen) atoms. The third-order valence-corrected chi connectivity index (χ3v) is 8.56. The van der Waals surface area contributed by atoms with E-state index < -0.39 is 10.0 Å². The highest BCUT2D eigenvalue weighted by Gasteiger charge is 2.41. The van der Waals surface area contributed by atoms with E-state index in [2.05, 4.69) is 26.2 Å². The van der Waals surface area contributed by atoms with Crippen LogP contribution in [0.4, 0.5) is 5.13 Å². The molecule has 1 N–H and O–H groups in total. The number of amides is 1. The van der Waals surface area contributed by atoms with Crippen LogP contribution < -0.4 is 5.32 Å². The Morgan fingerprint density at radius 3 is 2.88 bits per heavy atom. The molecule has 0 bridgehead atoms. The van der Waals surface area contributed by atoms with Gasteiger partial charge in [-0.1, -0.05) is 27.5 Å². The molecule has 2 aliphatic rings. The first-order valence-electron chi connectivity index (χ1n) is 8.08. The number of nitrogens with one attached hydrogen (secondary N) is 1. The summed E-state index contributed by atoms with van der Waals surface area (Å²) in [5.41, 5.74) is 1.21. The lowest BCUT2D eigenvalue weighted by molar-refractivity contribution is 0.102. The molecule has 0 atom stereocenters. The highest BCUT2D eigenvalue weighted by atomic mass is 79.9. The van der Waals surface area contributed by atoms with E-state index in [9.17, 15) is 13.2 Å². The molecule has 10 heteroatoms. The van der Waals surface area contributed by atoms with Gasteiger partial charge in [0.05, 0.1) is 21.5 Å². The van der Waals surface area contributed by atoms with E-state index >= 15 is 0 Å². The Morgan fingerprint density at radius 2 is 2.15 bits per heavy atom. The van der Waals surface area contributed by atoms with Crippen LogP contribution in [0.1, 0.15) is 33.8 Å². The topological polar surface area (TPSA) is 79.4 Å². The summed E-state index contributed by atoms with van der Waals surface area (Å²) < 4.78 is 27.1. The number of aromatic nitrogens is 1. The number of carbonyl (C=O) groups excluding carboxylic acids is 1. The molecule has 1 aliphatic carbocycles. The van der Waals surface area contributed by atoms with Crippen molar-refractivity contribution < 1.29 is 13.2 Å². The maximum absolute atomic E-state index is 12.5. The van der Waals surface area contributed by atoms with E-state index in [1.165, 1.54) is 11.3 Å². The first-order chi connectivity index (χ1) is 12.3. The molecule has 138 valence electrons. The highest BCUT2D eigenvalue weighted by molar-refractivity contribution is 9.10. The number of benzene rings is 1. The van der Waals surface area contributed by atoms with Crippen LogP contribution in [0.3, 0.4) is 0 Å². The van der Waals surface area contributed by atoms with Gasteiger partial charge in [0, 0.05) is 28.9 Å². The van der Waals surface area contributed by atoms with Gasteiger partial charge in [-0.15, -0.1) is 11.3 Å². The molecule has 2 aromatic rings. The summed E-state index contributed by atoms with van der Waals surface area (Å²) in [6, 6.07) is 5.05. The first kappa shape index (κ1) is 18.4. The highest BCUT2D eigenvalue weighted by Crippen LogP contribution is 2.36. The molecule has 1 amide bonds. The maximum Gasteiger partial charge on any atom is 0.258 e. The standard InChI is InChI=1S/C16H15BrClN3O3S2/c17-9-1-4-12(18)11(7-9)15(22)20-16-19-13-5-6-21(8-14(13)25-16)26(23,24)10-2-3-10/h1,4,7,10H,2-3,5-6,8H2,(H,19,20,22). The Morgan fingerprint density at radius 1 is 1.38 bits per heavy atom. The summed E-state index contributed by atoms with van der Waals surface area (Å²) in [6.07, 6.45) is 2.07. The van der Waals surface area contributed by atoms with E-state index in [-0.39, 0.29) is 11.2 Å². The molecule has 6 nitrogen and oxygen atoms in total. The van der Waals surface area contributed by atoms with E-state index in [1.54, 1.807) is 22.5 Å². The number of hydrogen-bond donors (Lipinski definition) is 1. The Labute approximate surface area is 168 Å². The summed E-state index contributed by atoms with van der Waals surface area (Å²) in [7, 11) is -3.20. The predicted octanol–water partition coefficient (Wildman–Crippen LogP) is 3.66. The van der Waals surface area contributed by atoms with Gasteiger partial charge in [-0.2, -0.15) is 4.31 Å². The number of carbonyl (C=O) groups is 1. The van der Waals surface area contributed by atoms with Crippen LogP contribution in [-0.4, -0.2) is 35.4 Å². The minimum Gasteiger partial charge on any atom is -0.298 e. The van der Waals surface area contributed by atoms with Crippen LogP contribution in [0.25, 0.3) is 0 Å². The van der Waals surface area contributed by atoms with Crippen molar-refractivity contribution >= 4 is 59.9 Å². The molecule has 1 saturated carbocycles. The molecular formula is C16H15BrClN3O3S2. The second-order valence-electron chi connectivity index (χ2n) is 6.30. The van der Waals surface area contributed by atoms with Crippen molar-refractivity contribution in [2.45, 2.75) is 31.1 Å². The number of thiazole rings is 1. The number of hydrogen-bond acceptors (Lipinski definition) is 5.